The summed E-state index contributed by atoms with van der Waals surface area (Å²) >= 11 is 9.44. The van der Waals surface area contributed by atoms with Gasteiger partial charge in [0, 0.05) is 12.1 Å². The zero-order chi connectivity index (χ0) is 15.6. The van der Waals surface area contributed by atoms with Gasteiger partial charge in [-0.25, -0.2) is 4.39 Å². The molecule has 0 radical (unpaired) electrons. The highest BCUT2D eigenvalue weighted by atomic mass is 79.9. The van der Waals surface area contributed by atoms with E-state index in [1.54, 1.807) is 12.1 Å². The number of ether oxygens (including phenoxy) is 1. The Kier molecular flexibility index (Phi) is 4.96. The van der Waals surface area contributed by atoms with Crippen molar-refractivity contribution in [3.63, 3.8) is 0 Å². The van der Waals surface area contributed by atoms with Crippen molar-refractivity contribution >= 4 is 44.6 Å². The molecule has 0 amide bonds. The monoisotopic (exact) mass is 372 g/mol. The Morgan fingerprint density at radius 3 is 2.67 bits per heavy atom. The predicted octanol–water partition coefficient (Wildman–Crippen LogP) is 5.35. The number of benzene rings is 2. The lowest BCUT2D eigenvalue weighted by Crippen LogP contribution is -2.08. The minimum atomic E-state index is -0.489. The first kappa shape index (κ1) is 15.9. The molecule has 21 heavy (non-hydrogen) atoms. The highest BCUT2D eigenvalue weighted by Gasteiger charge is 2.12. The van der Waals surface area contributed by atoms with Crippen molar-refractivity contribution in [1.82, 2.24) is 0 Å². The Morgan fingerprint density at radius 1 is 1.29 bits per heavy atom. The van der Waals surface area contributed by atoms with Crippen LogP contribution >= 0.6 is 27.5 Å². The third-order valence-corrected chi connectivity index (χ3v) is 4.09. The van der Waals surface area contributed by atoms with Gasteiger partial charge in [-0.2, -0.15) is 0 Å². The van der Waals surface area contributed by atoms with Gasteiger partial charge < -0.3 is 15.8 Å². The SMILES string of the molecule is CC(C)Oc1cc(Nc2cccc(Cl)c2Br)c(N)cc1F. The van der Waals surface area contributed by atoms with Crippen molar-refractivity contribution in [3.05, 3.63) is 45.6 Å². The van der Waals surface area contributed by atoms with Crippen LogP contribution in [0, 0.1) is 5.82 Å². The first-order valence-electron chi connectivity index (χ1n) is 6.35. The van der Waals surface area contributed by atoms with Gasteiger partial charge in [0.1, 0.15) is 0 Å². The topological polar surface area (TPSA) is 47.3 Å². The fourth-order valence-electron chi connectivity index (χ4n) is 1.77. The third-order valence-electron chi connectivity index (χ3n) is 2.69. The second-order valence-electron chi connectivity index (χ2n) is 4.76. The van der Waals surface area contributed by atoms with Crippen LogP contribution in [0.25, 0.3) is 0 Å². The highest BCUT2D eigenvalue weighted by molar-refractivity contribution is 9.10. The molecular weight excluding hydrogens is 359 g/mol. The molecule has 0 atom stereocenters. The minimum Gasteiger partial charge on any atom is -0.488 e. The molecule has 0 saturated carbocycles. The van der Waals surface area contributed by atoms with E-state index in [9.17, 15) is 4.39 Å². The molecule has 2 rings (SSSR count). The average molecular weight is 374 g/mol. The second-order valence-corrected chi connectivity index (χ2v) is 5.96. The molecule has 0 spiro atoms. The Balaban J connectivity index is 2.37. The average Bonchev–Trinajstić information content (AvgIpc) is 2.40. The maximum Gasteiger partial charge on any atom is 0.167 e. The van der Waals surface area contributed by atoms with Crippen LogP contribution in [0.4, 0.5) is 21.5 Å². The lowest BCUT2D eigenvalue weighted by molar-refractivity contribution is 0.231. The summed E-state index contributed by atoms with van der Waals surface area (Å²) in [6.45, 7) is 3.66. The molecule has 0 bridgehead atoms. The summed E-state index contributed by atoms with van der Waals surface area (Å²) in [4.78, 5) is 0. The number of nitrogens with two attached hydrogens (primary N) is 1. The van der Waals surface area contributed by atoms with Crippen LogP contribution in [0.15, 0.2) is 34.8 Å². The Labute approximate surface area is 136 Å². The molecule has 2 aromatic carbocycles. The van der Waals surface area contributed by atoms with E-state index in [1.165, 1.54) is 12.1 Å². The molecule has 0 heterocycles. The molecule has 0 aromatic heterocycles. The number of hydrogen-bond acceptors (Lipinski definition) is 3. The third kappa shape index (κ3) is 3.80. The van der Waals surface area contributed by atoms with Crippen molar-refractivity contribution in [3.8, 4) is 5.75 Å². The quantitative estimate of drug-likeness (QED) is 0.710. The van der Waals surface area contributed by atoms with Crippen LogP contribution in [0.5, 0.6) is 5.75 Å². The number of hydrogen-bond donors (Lipinski definition) is 2. The molecule has 2 aromatic rings. The van der Waals surface area contributed by atoms with Crippen molar-refractivity contribution in [1.29, 1.82) is 0 Å². The highest BCUT2D eigenvalue weighted by Crippen LogP contribution is 2.36. The zero-order valence-electron chi connectivity index (χ0n) is 11.6. The fraction of sp³-hybridized carbons (Fsp3) is 0.200. The molecule has 0 fully saturated rings. The van der Waals surface area contributed by atoms with E-state index in [2.05, 4.69) is 21.2 Å². The number of anilines is 3. The van der Waals surface area contributed by atoms with E-state index in [1.807, 2.05) is 19.9 Å². The molecule has 112 valence electrons. The van der Waals surface area contributed by atoms with Gasteiger partial charge in [-0.1, -0.05) is 17.7 Å². The zero-order valence-corrected chi connectivity index (χ0v) is 13.9. The van der Waals surface area contributed by atoms with Crippen molar-refractivity contribution in [2.45, 2.75) is 20.0 Å². The van der Waals surface area contributed by atoms with E-state index in [0.717, 1.165) is 5.69 Å². The maximum absolute atomic E-state index is 13.8. The van der Waals surface area contributed by atoms with Crippen LogP contribution < -0.4 is 15.8 Å². The van der Waals surface area contributed by atoms with Crippen LogP contribution in [0.1, 0.15) is 13.8 Å². The lowest BCUT2D eigenvalue weighted by atomic mass is 10.2. The molecule has 3 nitrogen and oxygen atoms in total. The van der Waals surface area contributed by atoms with Crippen LogP contribution in [0.2, 0.25) is 5.02 Å². The first-order valence-corrected chi connectivity index (χ1v) is 7.52. The largest absolute Gasteiger partial charge is 0.488 e. The Morgan fingerprint density at radius 2 is 2.00 bits per heavy atom. The molecule has 0 aliphatic heterocycles. The summed E-state index contributed by atoms with van der Waals surface area (Å²) < 4.78 is 19.9. The smallest absolute Gasteiger partial charge is 0.167 e. The summed E-state index contributed by atoms with van der Waals surface area (Å²) in [6, 6.07) is 8.18. The van der Waals surface area contributed by atoms with Crippen LogP contribution in [-0.4, -0.2) is 6.10 Å². The van der Waals surface area contributed by atoms with Gasteiger partial charge in [0.2, 0.25) is 0 Å². The normalized spacial score (nSPS) is 10.8. The summed E-state index contributed by atoms with van der Waals surface area (Å²) in [5, 5.41) is 3.69. The number of halogens is 3. The van der Waals surface area contributed by atoms with Crippen LogP contribution in [-0.2, 0) is 0 Å². The van der Waals surface area contributed by atoms with Crippen molar-refractivity contribution < 1.29 is 9.13 Å². The van der Waals surface area contributed by atoms with Gasteiger partial charge in [-0.05, 0) is 41.9 Å². The van der Waals surface area contributed by atoms with Gasteiger partial charge in [-0.3, -0.25) is 0 Å². The lowest BCUT2D eigenvalue weighted by Gasteiger charge is -2.16. The number of nitrogens with one attached hydrogen (secondary N) is 1. The summed E-state index contributed by atoms with van der Waals surface area (Å²) in [5.74, 6) is -0.336. The number of nitrogen functional groups attached to an aromatic ring is 1. The van der Waals surface area contributed by atoms with E-state index in [4.69, 9.17) is 22.1 Å². The molecule has 6 heteroatoms. The second kappa shape index (κ2) is 6.54. The molecule has 0 saturated heterocycles. The molecular formula is C15H15BrClFN2O. The van der Waals surface area contributed by atoms with Gasteiger partial charge in [-0.15, -0.1) is 0 Å². The molecule has 0 aliphatic rings. The van der Waals surface area contributed by atoms with Crippen LogP contribution in [0.3, 0.4) is 0 Å². The minimum absolute atomic E-state index is 0.131. The van der Waals surface area contributed by atoms with E-state index < -0.39 is 5.82 Å². The van der Waals surface area contributed by atoms with Crippen molar-refractivity contribution in [2.75, 3.05) is 11.1 Å². The Bertz CT molecular complexity index is 664. The Hall–Kier alpha value is -1.46. The summed E-state index contributed by atoms with van der Waals surface area (Å²) in [5.41, 5.74) is 7.42. The van der Waals surface area contributed by atoms with E-state index >= 15 is 0 Å². The van der Waals surface area contributed by atoms with Gasteiger partial charge in [0.25, 0.3) is 0 Å². The fourth-order valence-corrected chi connectivity index (χ4v) is 2.30. The summed E-state index contributed by atoms with van der Waals surface area (Å²) in [7, 11) is 0. The standard InChI is InChI=1S/C15H15BrClFN2O/c1-8(2)21-14-7-13(11(19)6-10(14)18)20-12-5-3-4-9(17)15(12)16/h3-8,20H,19H2,1-2H3. The molecule has 0 aliphatic carbocycles. The van der Waals surface area contributed by atoms with Gasteiger partial charge >= 0.3 is 0 Å². The van der Waals surface area contributed by atoms with Gasteiger partial charge in [0.15, 0.2) is 11.6 Å². The predicted molar refractivity (Wildman–Crippen MR) is 89.0 cm³/mol. The summed E-state index contributed by atoms with van der Waals surface area (Å²) in [6.07, 6.45) is -0.131. The first-order chi connectivity index (χ1) is 9.88. The molecule has 3 N–H and O–H groups in total. The van der Waals surface area contributed by atoms with E-state index in [-0.39, 0.29) is 17.5 Å². The van der Waals surface area contributed by atoms with E-state index in [0.29, 0.717) is 15.2 Å². The molecule has 0 unspecified atom stereocenters. The maximum atomic E-state index is 13.8. The van der Waals surface area contributed by atoms with Crippen molar-refractivity contribution in [2.24, 2.45) is 0 Å². The number of rotatable bonds is 4. The van der Waals surface area contributed by atoms with Gasteiger partial charge in [0.05, 0.1) is 32.7 Å².